The van der Waals surface area contributed by atoms with Crippen LogP contribution in [0.15, 0.2) is 40.1 Å². The zero-order valence-electron chi connectivity index (χ0n) is 13.6. The van der Waals surface area contributed by atoms with E-state index in [0.29, 0.717) is 5.56 Å². The van der Waals surface area contributed by atoms with Crippen LogP contribution in [0.5, 0.6) is 0 Å². The second-order valence-corrected chi connectivity index (χ2v) is 7.61. The van der Waals surface area contributed by atoms with Crippen molar-refractivity contribution in [2.45, 2.75) is 5.09 Å². The van der Waals surface area contributed by atoms with Crippen molar-refractivity contribution < 1.29 is 22.4 Å². The monoisotopic (exact) mass is 366 g/mol. The maximum Gasteiger partial charge on any atom is 0.284 e. The van der Waals surface area contributed by atoms with Gasteiger partial charge in [0.1, 0.15) is 0 Å². The second kappa shape index (κ2) is 6.37. The van der Waals surface area contributed by atoms with Crippen LogP contribution in [0.2, 0.25) is 0 Å². The van der Waals surface area contributed by atoms with Gasteiger partial charge in [0.25, 0.3) is 21.8 Å². The Balaban J connectivity index is 1.68. The number of piperazine rings is 1. The minimum atomic E-state index is -3.87. The molecule has 1 fully saturated rings. The normalized spacial score (nSPS) is 16.1. The molecule has 1 aliphatic rings. The Kier molecular flexibility index (Phi) is 4.39. The Labute approximate surface area is 144 Å². The SMILES string of the molecule is Cn1ccc(C(=O)N2CCN(S(=O)(=O)c3ccc(C(N)=O)o3)CC2)c1. The van der Waals surface area contributed by atoms with E-state index in [1.807, 2.05) is 7.05 Å². The van der Waals surface area contributed by atoms with Crippen LogP contribution in [-0.4, -0.2) is 60.2 Å². The summed E-state index contributed by atoms with van der Waals surface area (Å²) in [6.45, 7) is 0.841. The van der Waals surface area contributed by atoms with Crippen molar-refractivity contribution in [2.75, 3.05) is 26.2 Å². The molecular formula is C15H18N4O5S. The molecule has 0 unspecified atom stereocenters. The van der Waals surface area contributed by atoms with Gasteiger partial charge in [0.2, 0.25) is 5.09 Å². The van der Waals surface area contributed by atoms with Gasteiger partial charge in [-0.25, -0.2) is 8.42 Å². The first-order valence-electron chi connectivity index (χ1n) is 7.60. The standard InChI is InChI=1S/C15H18N4O5S/c1-17-5-4-11(10-17)15(21)18-6-8-19(9-7-18)25(22,23)13-3-2-12(24-13)14(16)20/h2-5,10H,6-9H2,1H3,(H2,16,20). The van der Waals surface area contributed by atoms with Crippen LogP contribution in [-0.2, 0) is 17.1 Å². The fourth-order valence-corrected chi connectivity index (χ4v) is 4.00. The summed E-state index contributed by atoms with van der Waals surface area (Å²) >= 11 is 0. The molecule has 2 N–H and O–H groups in total. The number of furan rings is 1. The number of nitrogens with two attached hydrogens (primary N) is 1. The van der Waals surface area contributed by atoms with E-state index < -0.39 is 15.9 Å². The molecule has 1 saturated heterocycles. The van der Waals surface area contributed by atoms with E-state index in [-0.39, 0.29) is 42.9 Å². The first-order valence-corrected chi connectivity index (χ1v) is 9.04. The molecule has 3 rings (SSSR count). The molecule has 134 valence electrons. The lowest BCUT2D eigenvalue weighted by atomic mass is 10.2. The highest BCUT2D eigenvalue weighted by atomic mass is 32.2. The Hall–Kier alpha value is -2.59. The van der Waals surface area contributed by atoms with Crippen LogP contribution in [0.25, 0.3) is 0 Å². The van der Waals surface area contributed by atoms with E-state index in [2.05, 4.69) is 0 Å². The molecule has 0 aromatic carbocycles. The van der Waals surface area contributed by atoms with Gasteiger partial charge in [-0.05, 0) is 18.2 Å². The maximum atomic E-state index is 12.5. The van der Waals surface area contributed by atoms with Crippen molar-refractivity contribution >= 4 is 21.8 Å². The number of nitrogens with zero attached hydrogens (tertiary/aromatic N) is 3. The first kappa shape index (κ1) is 17.2. The molecule has 3 heterocycles. The Morgan fingerprint density at radius 3 is 2.32 bits per heavy atom. The van der Waals surface area contributed by atoms with E-state index in [4.69, 9.17) is 10.2 Å². The van der Waals surface area contributed by atoms with E-state index >= 15 is 0 Å². The summed E-state index contributed by atoms with van der Waals surface area (Å²) in [5.74, 6) is -1.18. The summed E-state index contributed by atoms with van der Waals surface area (Å²) < 4.78 is 33.1. The van der Waals surface area contributed by atoms with Crippen molar-refractivity contribution in [1.29, 1.82) is 0 Å². The summed E-state index contributed by atoms with van der Waals surface area (Å²) in [6.07, 6.45) is 3.50. The number of aromatic nitrogens is 1. The summed E-state index contributed by atoms with van der Waals surface area (Å²) in [5, 5.41) is -0.330. The zero-order valence-corrected chi connectivity index (χ0v) is 14.4. The average molecular weight is 366 g/mol. The van der Waals surface area contributed by atoms with Gasteiger partial charge in [0, 0.05) is 45.6 Å². The number of carbonyl (C=O) groups excluding carboxylic acids is 2. The number of primary amides is 1. The van der Waals surface area contributed by atoms with Crippen LogP contribution in [0.3, 0.4) is 0 Å². The summed E-state index contributed by atoms with van der Waals surface area (Å²) in [6, 6.07) is 4.15. The number of aryl methyl sites for hydroxylation is 1. The van der Waals surface area contributed by atoms with Gasteiger partial charge in [-0.3, -0.25) is 9.59 Å². The molecule has 2 amide bonds. The molecule has 9 nitrogen and oxygen atoms in total. The quantitative estimate of drug-likeness (QED) is 0.808. The molecule has 0 bridgehead atoms. The first-order chi connectivity index (χ1) is 11.8. The van der Waals surface area contributed by atoms with Gasteiger partial charge in [0.15, 0.2) is 5.76 Å². The predicted molar refractivity (Wildman–Crippen MR) is 87.3 cm³/mol. The van der Waals surface area contributed by atoms with Gasteiger partial charge in [-0.1, -0.05) is 0 Å². The maximum absolute atomic E-state index is 12.5. The lowest BCUT2D eigenvalue weighted by molar-refractivity contribution is 0.0696. The summed E-state index contributed by atoms with van der Waals surface area (Å²) in [4.78, 5) is 25.0. The largest absolute Gasteiger partial charge is 0.438 e. The third-order valence-electron chi connectivity index (χ3n) is 4.02. The van der Waals surface area contributed by atoms with Crippen LogP contribution in [0.4, 0.5) is 0 Å². The molecule has 0 aliphatic carbocycles. The zero-order chi connectivity index (χ0) is 18.2. The number of sulfonamides is 1. The van der Waals surface area contributed by atoms with E-state index in [9.17, 15) is 18.0 Å². The molecule has 10 heteroatoms. The highest BCUT2D eigenvalue weighted by Crippen LogP contribution is 2.20. The highest BCUT2D eigenvalue weighted by Gasteiger charge is 2.33. The molecule has 0 radical (unpaired) electrons. The van der Waals surface area contributed by atoms with Crippen LogP contribution in [0, 0.1) is 0 Å². The topological polar surface area (TPSA) is 119 Å². The Morgan fingerprint density at radius 2 is 1.80 bits per heavy atom. The fourth-order valence-electron chi connectivity index (χ4n) is 2.66. The number of carbonyl (C=O) groups is 2. The smallest absolute Gasteiger partial charge is 0.284 e. The van der Waals surface area contributed by atoms with Gasteiger partial charge in [-0.2, -0.15) is 4.31 Å². The number of rotatable bonds is 4. The molecule has 2 aromatic heterocycles. The lowest BCUT2D eigenvalue weighted by Crippen LogP contribution is -2.50. The molecule has 0 saturated carbocycles. The van der Waals surface area contributed by atoms with Crippen molar-refractivity contribution in [1.82, 2.24) is 13.8 Å². The molecule has 0 spiro atoms. The molecular weight excluding hydrogens is 348 g/mol. The fraction of sp³-hybridized carbons (Fsp3) is 0.333. The average Bonchev–Trinajstić information content (AvgIpc) is 3.24. The molecule has 0 atom stereocenters. The third-order valence-corrected chi connectivity index (χ3v) is 5.80. The van der Waals surface area contributed by atoms with Gasteiger partial charge >= 0.3 is 0 Å². The van der Waals surface area contributed by atoms with Crippen molar-refractivity contribution in [3.63, 3.8) is 0 Å². The highest BCUT2D eigenvalue weighted by molar-refractivity contribution is 7.89. The van der Waals surface area contributed by atoms with Gasteiger partial charge in [0.05, 0.1) is 5.56 Å². The Bertz CT molecular complexity index is 906. The molecule has 2 aromatic rings. The molecule has 1 aliphatic heterocycles. The minimum Gasteiger partial charge on any atom is -0.438 e. The van der Waals surface area contributed by atoms with Crippen molar-refractivity contribution in [2.24, 2.45) is 12.8 Å². The number of hydrogen-bond donors (Lipinski definition) is 1. The second-order valence-electron chi connectivity index (χ2n) is 5.74. The van der Waals surface area contributed by atoms with Gasteiger partial charge < -0.3 is 19.6 Å². The minimum absolute atomic E-state index is 0.133. The van der Waals surface area contributed by atoms with E-state index in [1.165, 1.54) is 16.4 Å². The van der Waals surface area contributed by atoms with Crippen LogP contribution >= 0.6 is 0 Å². The van der Waals surface area contributed by atoms with E-state index in [1.54, 1.807) is 27.9 Å². The summed E-state index contributed by atoms with van der Waals surface area (Å²) in [7, 11) is -2.04. The lowest BCUT2D eigenvalue weighted by Gasteiger charge is -2.33. The number of amides is 2. The van der Waals surface area contributed by atoms with Crippen LogP contribution < -0.4 is 5.73 Å². The molecule has 25 heavy (non-hydrogen) atoms. The predicted octanol–water partition coefficient (Wildman–Crippen LogP) is -0.136. The third kappa shape index (κ3) is 3.30. The van der Waals surface area contributed by atoms with Crippen molar-refractivity contribution in [3.8, 4) is 0 Å². The van der Waals surface area contributed by atoms with Crippen molar-refractivity contribution in [3.05, 3.63) is 41.9 Å². The number of hydrogen-bond acceptors (Lipinski definition) is 5. The summed E-state index contributed by atoms with van der Waals surface area (Å²) in [5.41, 5.74) is 5.64. The van der Waals surface area contributed by atoms with Gasteiger partial charge in [-0.15, -0.1) is 0 Å². The Morgan fingerprint density at radius 1 is 1.12 bits per heavy atom. The van der Waals surface area contributed by atoms with Crippen LogP contribution in [0.1, 0.15) is 20.9 Å². The van der Waals surface area contributed by atoms with E-state index in [0.717, 1.165) is 0 Å².